The summed E-state index contributed by atoms with van der Waals surface area (Å²) in [6.45, 7) is 3.27. The lowest BCUT2D eigenvalue weighted by Gasteiger charge is -2.28. The predicted octanol–water partition coefficient (Wildman–Crippen LogP) is 4.02. The zero-order chi connectivity index (χ0) is 12.5. The van der Waals surface area contributed by atoms with Crippen molar-refractivity contribution in [3.05, 3.63) is 35.8 Å². The first-order valence-corrected chi connectivity index (χ1v) is 6.68. The summed E-state index contributed by atoms with van der Waals surface area (Å²) in [5, 5.41) is 4.34. The van der Waals surface area contributed by atoms with Crippen LogP contribution in [0.5, 0.6) is 0 Å². The first-order chi connectivity index (χ1) is 8.76. The zero-order valence-corrected chi connectivity index (χ0v) is 10.6. The van der Waals surface area contributed by atoms with Gasteiger partial charge in [0.25, 0.3) is 0 Å². The maximum atomic E-state index is 13.1. The molecule has 1 fully saturated rings. The van der Waals surface area contributed by atoms with E-state index in [-0.39, 0.29) is 11.9 Å². The molecule has 3 heteroatoms. The van der Waals surface area contributed by atoms with Crippen molar-refractivity contribution in [3.8, 4) is 0 Å². The van der Waals surface area contributed by atoms with Gasteiger partial charge in [0.1, 0.15) is 17.2 Å². The van der Waals surface area contributed by atoms with Gasteiger partial charge in [0.15, 0.2) is 0 Å². The van der Waals surface area contributed by atoms with Crippen molar-refractivity contribution in [3.63, 3.8) is 0 Å². The van der Waals surface area contributed by atoms with Crippen LogP contribution in [0, 0.1) is 11.7 Å². The second-order valence-electron chi connectivity index (χ2n) is 5.14. The van der Waals surface area contributed by atoms with Gasteiger partial charge >= 0.3 is 0 Å². The van der Waals surface area contributed by atoms with Crippen LogP contribution in [0.3, 0.4) is 0 Å². The number of furan rings is 1. The summed E-state index contributed by atoms with van der Waals surface area (Å²) < 4.78 is 19.0. The minimum atomic E-state index is -0.210. The van der Waals surface area contributed by atoms with E-state index >= 15 is 0 Å². The maximum absolute atomic E-state index is 13.1. The number of rotatable bonds is 2. The van der Waals surface area contributed by atoms with Crippen LogP contribution >= 0.6 is 0 Å². The van der Waals surface area contributed by atoms with E-state index in [2.05, 4.69) is 12.2 Å². The van der Waals surface area contributed by atoms with E-state index in [1.807, 2.05) is 6.07 Å². The van der Waals surface area contributed by atoms with Crippen LogP contribution in [0.15, 0.2) is 28.7 Å². The van der Waals surface area contributed by atoms with Crippen LogP contribution in [0.25, 0.3) is 11.0 Å². The summed E-state index contributed by atoms with van der Waals surface area (Å²) in [4.78, 5) is 0. The van der Waals surface area contributed by atoms with Crippen molar-refractivity contribution in [1.29, 1.82) is 0 Å². The van der Waals surface area contributed by atoms with E-state index in [1.54, 1.807) is 6.07 Å². The molecule has 1 aliphatic rings. The number of halogens is 1. The van der Waals surface area contributed by atoms with E-state index < -0.39 is 0 Å². The molecule has 2 nitrogen and oxygen atoms in total. The van der Waals surface area contributed by atoms with Crippen LogP contribution in [-0.2, 0) is 0 Å². The summed E-state index contributed by atoms with van der Waals surface area (Å²) >= 11 is 0. The van der Waals surface area contributed by atoms with Gasteiger partial charge in [-0.15, -0.1) is 0 Å². The first-order valence-electron chi connectivity index (χ1n) is 6.68. The van der Waals surface area contributed by atoms with Crippen molar-refractivity contribution in [2.45, 2.75) is 32.2 Å². The molecule has 96 valence electrons. The number of benzene rings is 1. The summed E-state index contributed by atoms with van der Waals surface area (Å²) in [6, 6.07) is 6.92. The molecular formula is C15H18FNO. The lowest BCUT2D eigenvalue weighted by Crippen LogP contribution is -2.31. The first kappa shape index (κ1) is 11.7. The molecule has 2 heterocycles. The molecule has 0 aliphatic carbocycles. The molecular weight excluding hydrogens is 229 g/mol. The Bertz CT molecular complexity index is 548. The smallest absolute Gasteiger partial charge is 0.134 e. The molecule has 1 saturated heterocycles. The Morgan fingerprint density at radius 2 is 2.28 bits per heavy atom. The van der Waals surface area contributed by atoms with Crippen LogP contribution < -0.4 is 5.32 Å². The normalized spacial score (nSPS) is 24.6. The molecule has 2 unspecified atom stereocenters. The van der Waals surface area contributed by atoms with E-state index in [4.69, 9.17) is 4.42 Å². The lowest BCUT2D eigenvalue weighted by atomic mass is 9.89. The third-order valence-electron chi connectivity index (χ3n) is 3.93. The van der Waals surface area contributed by atoms with E-state index in [1.165, 1.54) is 25.0 Å². The van der Waals surface area contributed by atoms with Crippen molar-refractivity contribution >= 4 is 11.0 Å². The maximum Gasteiger partial charge on any atom is 0.134 e. The quantitative estimate of drug-likeness (QED) is 0.867. The zero-order valence-electron chi connectivity index (χ0n) is 10.6. The highest BCUT2D eigenvalue weighted by atomic mass is 19.1. The molecule has 1 aliphatic heterocycles. The number of nitrogens with one attached hydrogen (secondary N) is 1. The second-order valence-corrected chi connectivity index (χ2v) is 5.14. The van der Waals surface area contributed by atoms with Gasteiger partial charge in [-0.1, -0.05) is 13.3 Å². The molecule has 0 bridgehead atoms. The Kier molecular flexibility index (Phi) is 3.08. The average molecular weight is 247 g/mol. The molecule has 3 rings (SSSR count). The molecule has 0 spiro atoms. The molecule has 1 aromatic carbocycles. The lowest BCUT2D eigenvalue weighted by molar-refractivity contribution is 0.274. The predicted molar refractivity (Wildman–Crippen MR) is 69.9 cm³/mol. The Balaban J connectivity index is 1.89. The number of hydrogen-bond donors (Lipinski definition) is 1. The third-order valence-corrected chi connectivity index (χ3v) is 3.93. The minimum Gasteiger partial charge on any atom is -0.459 e. The Hall–Kier alpha value is -1.35. The summed E-state index contributed by atoms with van der Waals surface area (Å²) in [5.74, 6) is 1.49. The SMILES string of the molecule is CCC1CCNC(c2cc3cc(F)ccc3o2)C1. The van der Waals surface area contributed by atoms with Crippen LogP contribution in [-0.4, -0.2) is 6.54 Å². The van der Waals surface area contributed by atoms with Gasteiger partial charge < -0.3 is 9.73 Å². The molecule has 2 aromatic rings. The highest BCUT2D eigenvalue weighted by Crippen LogP contribution is 2.32. The highest BCUT2D eigenvalue weighted by Gasteiger charge is 2.24. The largest absolute Gasteiger partial charge is 0.459 e. The van der Waals surface area contributed by atoms with Gasteiger partial charge in [-0.05, 0) is 49.6 Å². The fourth-order valence-electron chi connectivity index (χ4n) is 2.79. The molecule has 0 radical (unpaired) electrons. The van der Waals surface area contributed by atoms with Gasteiger partial charge in [0.05, 0.1) is 6.04 Å². The molecule has 1 aromatic heterocycles. The molecule has 0 amide bonds. The van der Waals surface area contributed by atoms with Gasteiger partial charge in [0.2, 0.25) is 0 Å². The van der Waals surface area contributed by atoms with E-state index in [9.17, 15) is 4.39 Å². The molecule has 0 saturated carbocycles. The van der Waals surface area contributed by atoms with Crippen molar-refractivity contribution in [2.75, 3.05) is 6.54 Å². The number of fused-ring (bicyclic) bond motifs is 1. The summed E-state index contributed by atoms with van der Waals surface area (Å²) in [5.41, 5.74) is 0.770. The van der Waals surface area contributed by atoms with Crippen LogP contribution in [0.2, 0.25) is 0 Å². The second kappa shape index (κ2) is 4.73. The topological polar surface area (TPSA) is 25.2 Å². The average Bonchev–Trinajstić information content (AvgIpc) is 2.81. The van der Waals surface area contributed by atoms with Gasteiger partial charge in [-0.25, -0.2) is 4.39 Å². The highest BCUT2D eigenvalue weighted by molar-refractivity contribution is 5.78. The molecule has 1 N–H and O–H groups in total. The Morgan fingerprint density at radius 1 is 1.39 bits per heavy atom. The summed E-state index contributed by atoms with van der Waals surface area (Å²) in [7, 11) is 0. The van der Waals surface area contributed by atoms with E-state index in [0.29, 0.717) is 0 Å². The molecule has 18 heavy (non-hydrogen) atoms. The number of hydrogen-bond acceptors (Lipinski definition) is 2. The number of piperidine rings is 1. The molecule has 2 atom stereocenters. The van der Waals surface area contributed by atoms with Crippen LogP contribution in [0.4, 0.5) is 4.39 Å². The Labute approximate surface area is 106 Å². The van der Waals surface area contributed by atoms with Crippen molar-refractivity contribution in [2.24, 2.45) is 5.92 Å². The fourth-order valence-corrected chi connectivity index (χ4v) is 2.79. The van der Waals surface area contributed by atoms with E-state index in [0.717, 1.165) is 35.6 Å². The monoisotopic (exact) mass is 247 g/mol. The van der Waals surface area contributed by atoms with Crippen molar-refractivity contribution in [1.82, 2.24) is 5.32 Å². The van der Waals surface area contributed by atoms with Crippen molar-refractivity contribution < 1.29 is 8.81 Å². The minimum absolute atomic E-state index is 0.210. The van der Waals surface area contributed by atoms with Crippen LogP contribution in [0.1, 0.15) is 38.0 Å². The Morgan fingerprint density at radius 3 is 3.11 bits per heavy atom. The third kappa shape index (κ3) is 2.15. The van der Waals surface area contributed by atoms with Gasteiger partial charge in [-0.2, -0.15) is 0 Å². The van der Waals surface area contributed by atoms with Gasteiger partial charge in [0, 0.05) is 5.39 Å². The standard InChI is InChI=1S/C15H18FNO/c1-2-10-5-6-17-13(7-10)15-9-11-8-12(16)3-4-14(11)18-15/h3-4,8-10,13,17H,2,5-7H2,1H3. The van der Waals surface area contributed by atoms with Gasteiger partial charge in [-0.3, -0.25) is 0 Å². The summed E-state index contributed by atoms with van der Waals surface area (Å²) in [6.07, 6.45) is 3.56. The fraction of sp³-hybridized carbons (Fsp3) is 0.467.